The van der Waals surface area contributed by atoms with Crippen molar-refractivity contribution in [1.82, 2.24) is 4.98 Å². The summed E-state index contributed by atoms with van der Waals surface area (Å²) in [6.07, 6.45) is 0. The van der Waals surface area contributed by atoms with E-state index in [9.17, 15) is 0 Å². The number of fused-ring (bicyclic) bond motifs is 1. The minimum atomic E-state index is 0.400. The summed E-state index contributed by atoms with van der Waals surface area (Å²) in [4.78, 5) is 4.72. The second-order valence-corrected chi connectivity index (χ2v) is 4.64. The van der Waals surface area contributed by atoms with Gasteiger partial charge in [0, 0.05) is 23.3 Å². The molecule has 0 spiro atoms. The number of nitrogens with zero attached hydrogens (tertiary/aromatic N) is 1. The van der Waals surface area contributed by atoms with E-state index >= 15 is 0 Å². The first-order valence-electron chi connectivity index (χ1n) is 6.38. The van der Waals surface area contributed by atoms with Gasteiger partial charge in [-0.3, -0.25) is 0 Å². The summed E-state index contributed by atoms with van der Waals surface area (Å²) < 4.78 is 5.41. The molecule has 0 saturated heterocycles. The molecule has 3 heteroatoms. The summed E-state index contributed by atoms with van der Waals surface area (Å²) in [6, 6.07) is 8.16. The Balaban J connectivity index is 2.72. The van der Waals surface area contributed by atoms with Crippen LogP contribution < -0.4 is 10.1 Å². The summed E-state index contributed by atoms with van der Waals surface area (Å²) in [7, 11) is 1.69. The third-order valence-corrected chi connectivity index (χ3v) is 3.00. The van der Waals surface area contributed by atoms with Gasteiger partial charge in [-0.25, -0.2) is 4.98 Å². The monoisotopic (exact) mass is 244 g/mol. The largest absolute Gasteiger partial charge is 0.494 e. The lowest BCUT2D eigenvalue weighted by atomic mass is 10.1. The zero-order chi connectivity index (χ0) is 13.1. The van der Waals surface area contributed by atoms with Crippen LogP contribution in [-0.4, -0.2) is 18.6 Å². The number of nitrogens with one attached hydrogen (secondary N) is 1. The molecule has 0 aliphatic carbocycles. The minimum absolute atomic E-state index is 0.400. The van der Waals surface area contributed by atoms with Crippen molar-refractivity contribution in [2.24, 2.45) is 0 Å². The molecule has 0 bridgehead atoms. The molecule has 3 nitrogen and oxygen atoms in total. The summed E-state index contributed by atoms with van der Waals surface area (Å²) in [5, 5.41) is 4.51. The lowest BCUT2D eigenvalue weighted by Crippen LogP contribution is -2.02. The lowest BCUT2D eigenvalue weighted by molar-refractivity contribution is 0.419. The van der Waals surface area contributed by atoms with Crippen LogP contribution in [0.1, 0.15) is 32.4 Å². The molecule has 0 fully saturated rings. The van der Waals surface area contributed by atoms with Crippen LogP contribution in [0.5, 0.6) is 5.75 Å². The lowest BCUT2D eigenvalue weighted by Gasteiger charge is -2.14. The third-order valence-electron chi connectivity index (χ3n) is 3.00. The molecule has 2 rings (SSSR count). The van der Waals surface area contributed by atoms with Crippen molar-refractivity contribution >= 4 is 16.6 Å². The highest BCUT2D eigenvalue weighted by molar-refractivity contribution is 5.95. The number of anilines is 1. The Morgan fingerprint density at radius 2 is 2.11 bits per heavy atom. The fourth-order valence-corrected chi connectivity index (χ4v) is 2.04. The molecule has 0 amide bonds. The average molecular weight is 244 g/mol. The van der Waals surface area contributed by atoms with Crippen LogP contribution in [-0.2, 0) is 0 Å². The number of aromatic nitrogens is 1. The number of ether oxygens (including phenoxy) is 1. The van der Waals surface area contributed by atoms with Gasteiger partial charge in [0.15, 0.2) is 0 Å². The summed E-state index contributed by atoms with van der Waals surface area (Å²) in [5.74, 6) is 1.23. The predicted molar refractivity (Wildman–Crippen MR) is 76.5 cm³/mol. The molecule has 0 aliphatic rings. The van der Waals surface area contributed by atoms with Crippen molar-refractivity contribution in [3.8, 4) is 5.75 Å². The number of hydrogen-bond acceptors (Lipinski definition) is 3. The van der Waals surface area contributed by atoms with Gasteiger partial charge in [0.2, 0.25) is 0 Å². The van der Waals surface area contributed by atoms with Gasteiger partial charge in [-0.2, -0.15) is 0 Å². The van der Waals surface area contributed by atoms with Crippen LogP contribution >= 0.6 is 0 Å². The van der Waals surface area contributed by atoms with E-state index in [1.807, 2.05) is 12.1 Å². The van der Waals surface area contributed by atoms with Gasteiger partial charge in [0.05, 0.1) is 7.11 Å². The van der Waals surface area contributed by atoms with Gasteiger partial charge in [0.25, 0.3) is 0 Å². The van der Waals surface area contributed by atoms with E-state index in [0.29, 0.717) is 5.92 Å². The molecule has 1 aromatic heterocycles. The minimum Gasteiger partial charge on any atom is -0.494 e. The fourth-order valence-electron chi connectivity index (χ4n) is 2.04. The van der Waals surface area contributed by atoms with Crippen LogP contribution in [0.25, 0.3) is 10.9 Å². The van der Waals surface area contributed by atoms with Crippen molar-refractivity contribution in [1.29, 1.82) is 0 Å². The number of methoxy groups -OCH3 is 1. The number of rotatable bonds is 4. The molecular weight excluding hydrogens is 224 g/mol. The van der Waals surface area contributed by atoms with Gasteiger partial charge < -0.3 is 10.1 Å². The highest BCUT2D eigenvalue weighted by atomic mass is 16.5. The maximum atomic E-state index is 5.41. The molecule has 0 atom stereocenters. The fraction of sp³-hybridized carbons (Fsp3) is 0.400. The molecule has 0 aliphatic heterocycles. The Labute approximate surface area is 108 Å². The highest BCUT2D eigenvalue weighted by Crippen LogP contribution is 2.31. The van der Waals surface area contributed by atoms with Crippen molar-refractivity contribution in [2.45, 2.75) is 26.7 Å². The normalized spacial score (nSPS) is 10.9. The van der Waals surface area contributed by atoms with Crippen LogP contribution in [0.3, 0.4) is 0 Å². The first-order chi connectivity index (χ1) is 8.67. The molecule has 1 N–H and O–H groups in total. The smallest absolute Gasteiger partial charge is 0.145 e. The molecule has 0 unspecified atom stereocenters. The quantitative estimate of drug-likeness (QED) is 0.888. The van der Waals surface area contributed by atoms with E-state index in [-0.39, 0.29) is 0 Å². The standard InChI is InChI=1S/C15H20N2O/c1-5-16-13-9-12(10(2)3)17-15-11(13)7-6-8-14(15)18-4/h6-10H,5H2,1-4H3,(H,16,17). The Bertz CT molecular complexity index is 549. The SMILES string of the molecule is CCNc1cc(C(C)C)nc2c(OC)cccc12. The number of para-hydroxylation sites is 1. The van der Waals surface area contributed by atoms with Gasteiger partial charge in [-0.1, -0.05) is 26.0 Å². The predicted octanol–water partition coefficient (Wildman–Crippen LogP) is 3.80. The van der Waals surface area contributed by atoms with Crippen LogP contribution in [0.15, 0.2) is 24.3 Å². The summed E-state index contributed by atoms with van der Waals surface area (Å²) in [5.41, 5.74) is 3.15. The van der Waals surface area contributed by atoms with Crippen molar-refractivity contribution in [2.75, 3.05) is 19.0 Å². The Hall–Kier alpha value is -1.77. The molecule has 1 aromatic carbocycles. The van der Waals surface area contributed by atoms with Crippen molar-refractivity contribution in [3.63, 3.8) is 0 Å². The number of benzene rings is 1. The first-order valence-corrected chi connectivity index (χ1v) is 6.38. The second kappa shape index (κ2) is 5.25. The summed E-state index contributed by atoms with van der Waals surface area (Å²) >= 11 is 0. The van der Waals surface area contributed by atoms with Crippen LogP contribution in [0, 0.1) is 0 Å². The molecular formula is C15H20N2O. The zero-order valence-corrected chi connectivity index (χ0v) is 11.4. The van der Waals surface area contributed by atoms with E-state index in [1.54, 1.807) is 7.11 Å². The van der Waals surface area contributed by atoms with Gasteiger partial charge in [-0.05, 0) is 25.0 Å². The maximum Gasteiger partial charge on any atom is 0.145 e. The molecule has 0 radical (unpaired) electrons. The average Bonchev–Trinajstić information content (AvgIpc) is 2.38. The van der Waals surface area contributed by atoms with Gasteiger partial charge in [0.1, 0.15) is 11.3 Å². The summed E-state index contributed by atoms with van der Waals surface area (Å²) in [6.45, 7) is 7.30. The van der Waals surface area contributed by atoms with E-state index in [1.165, 1.54) is 0 Å². The van der Waals surface area contributed by atoms with Crippen LogP contribution in [0.2, 0.25) is 0 Å². The van der Waals surface area contributed by atoms with Crippen LogP contribution in [0.4, 0.5) is 5.69 Å². The molecule has 96 valence electrons. The van der Waals surface area contributed by atoms with Gasteiger partial charge >= 0.3 is 0 Å². The number of pyridine rings is 1. The molecule has 2 aromatic rings. The highest BCUT2D eigenvalue weighted by Gasteiger charge is 2.11. The van der Waals surface area contributed by atoms with E-state index in [4.69, 9.17) is 9.72 Å². The third kappa shape index (κ3) is 2.26. The topological polar surface area (TPSA) is 34.2 Å². The van der Waals surface area contributed by atoms with E-state index in [2.05, 4.69) is 38.2 Å². The second-order valence-electron chi connectivity index (χ2n) is 4.64. The first kappa shape index (κ1) is 12.7. The Morgan fingerprint density at radius 3 is 2.72 bits per heavy atom. The number of hydrogen-bond donors (Lipinski definition) is 1. The Morgan fingerprint density at radius 1 is 1.33 bits per heavy atom. The van der Waals surface area contributed by atoms with E-state index in [0.717, 1.165) is 34.6 Å². The molecule has 1 heterocycles. The van der Waals surface area contributed by atoms with Gasteiger partial charge in [-0.15, -0.1) is 0 Å². The van der Waals surface area contributed by atoms with Crippen molar-refractivity contribution < 1.29 is 4.74 Å². The maximum absolute atomic E-state index is 5.41. The van der Waals surface area contributed by atoms with Crippen molar-refractivity contribution in [3.05, 3.63) is 30.0 Å². The molecule has 0 saturated carbocycles. The molecule has 18 heavy (non-hydrogen) atoms. The van der Waals surface area contributed by atoms with E-state index < -0.39 is 0 Å². The Kier molecular flexibility index (Phi) is 3.70. The zero-order valence-electron chi connectivity index (χ0n) is 11.4.